The molecule has 0 aliphatic carbocycles. The van der Waals surface area contributed by atoms with Crippen LogP contribution in [0.25, 0.3) is 0 Å². The van der Waals surface area contributed by atoms with Crippen LogP contribution >= 0.6 is 0 Å². The van der Waals surface area contributed by atoms with E-state index in [1.807, 2.05) is 38.1 Å². The topological polar surface area (TPSA) is 59.1 Å². The van der Waals surface area contributed by atoms with Crippen molar-refractivity contribution in [3.8, 4) is 11.5 Å². The Kier molecular flexibility index (Phi) is 8.68. The van der Waals surface area contributed by atoms with Crippen molar-refractivity contribution in [2.45, 2.75) is 27.2 Å². The van der Waals surface area contributed by atoms with Crippen LogP contribution in [0.4, 0.5) is 0 Å². The number of nitrogens with zero attached hydrogens (tertiary/aromatic N) is 2. The lowest BCUT2D eigenvalue weighted by Gasteiger charge is -2.23. The molecule has 0 aliphatic rings. The second kappa shape index (κ2) is 10.5. The lowest BCUT2D eigenvalue weighted by Crippen LogP contribution is -2.38. The van der Waals surface area contributed by atoms with Crippen molar-refractivity contribution in [3.63, 3.8) is 0 Å². The Morgan fingerprint density at radius 1 is 0.958 bits per heavy atom. The van der Waals surface area contributed by atoms with Crippen LogP contribution in [-0.2, 0) is 9.59 Å². The fourth-order valence-electron chi connectivity index (χ4n) is 2.34. The molecule has 134 valence electrons. The predicted octanol–water partition coefficient (Wildman–Crippen LogP) is 2.18. The van der Waals surface area contributed by atoms with Gasteiger partial charge < -0.3 is 19.3 Å². The van der Waals surface area contributed by atoms with E-state index < -0.39 is 0 Å². The van der Waals surface area contributed by atoms with Gasteiger partial charge in [-0.1, -0.05) is 0 Å². The van der Waals surface area contributed by atoms with E-state index in [1.165, 1.54) is 6.92 Å². The highest BCUT2D eigenvalue weighted by Crippen LogP contribution is 2.16. The van der Waals surface area contributed by atoms with Crippen molar-refractivity contribution in [2.75, 3.05) is 39.9 Å². The minimum atomic E-state index is -0.0549. The molecule has 0 radical (unpaired) electrons. The second-order valence-corrected chi connectivity index (χ2v) is 5.35. The van der Waals surface area contributed by atoms with E-state index in [4.69, 9.17) is 9.47 Å². The van der Waals surface area contributed by atoms with Crippen molar-refractivity contribution in [2.24, 2.45) is 0 Å². The van der Waals surface area contributed by atoms with Gasteiger partial charge in [0.05, 0.1) is 13.7 Å². The van der Waals surface area contributed by atoms with Crippen LogP contribution in [-0.4, -0.2) is 61.5 Å². The molecule has 6 nitrogen and oxygen atoms in total. The molecule has 1 rings (SSSR count). The first-order valence-corrected chi connectivity index (χ1v) is 8.31. The fraction of sp³-hybridized carbons (Fsp3) is 0.556. The Bertz CT molecular complexity index is 512. The summed E-state index contributed by atoms with van der Waals surface area (Å²) >= 11 is 0. The van der Waals surface area contributed by atoms with Crippen LogP contribution < -0.4 is 9.47 Å². The molecule has 24 heavy (non-hydrogen) atoms. The summed E-state index contributed by atoms with van der Waals surface area (Å²) in [5.41, 5.74) is 0. The first-order chi connectivity index (χ1) is 11.5. The number of hydrogen-bond donors (Lipinski definition) is 0. The molecule has 0 saturated carbocycles. The van der Waals surface area contributed by atoms with Crippen molar-refractivity contribution in [1.82, 2.24) is 9.80 Å². The highest BCUT2D eigenvalue weighted by atomic mass is 16.5. The smallest absolute Gasteiger partial charge is 0.224 e. The van der Waals surface area contributed by atoms with Crippen LogP contribution in [0.15, 0.2) is 24.3 Å². The Balaban J connectivity index is 2.42. The van der Waals surface area contributed by atoms with E-state index in [0.29, 0.717) is 39.2 Å². The summed E-state index contributed by atoms with van der Waals surface area (Å²) in [6, 6.07) is 7.28. The maximum absolute atomic E-state index is 12.0. The van der Waals surface area contributed by atoms with Gasteiger partial charge >= 0.3 is 0 Å². The molecule has 0 unspecified atom stereocenters. The average Bonchev–Trinajstić information content (AvgIpc) is 2.59. The minimum absolute atomic E-state index is 0.0549. The number of carbonyl (C=O) groups excluding carboxylic acids is 2. The number of ether oxygens (including phenoxy) is 2. The summed E-state index contributed by atoms with van der Waals surface area (Å²) in [5.74, 6) is 1.50. The maximum Gasteiger partial charge on any atom is 0.224 e. The Labute approximate surface area is 144 Å². The van der Waals surface area contributed by atoms with Crippen molar-refractivity contribution in [1.29, 1.82) is 0 Å². The third-order valence-corrected chi connectivity index (χ3v) is 3.85. The summed E-state index contributed by atoms with van der Waals surface area (Å²) in [6.45, 7) is 8.04. The minimum Gasteiger partial charge on any atom is -0.497 e. The number of amides is 2. The zero-order chi connectivity index (χ0) is 17.9. The third kappa shape index (κ3) is 6.48. The SMILES string of the molecule is CCN(CC)C(=O)CCN(CCOc1ccc(OC)cc1)C(C)=O. The van der Waals surface area contributed by atoms with E-state index >= 15 is 0 Å². The molecular formula is C18H28N2O4. The van der Waals surface area contributed by atoms with E-state index in [9.17, 15) is 9.59 Å². The van der Waals surface area contributed by atoms with Crippen LogP contribution in [0, 0.1) is 0 Å². The quantitative estimate of drug-likeness (QED) is 0.657. The van der Waals surface area contributed by atoms with E-state index in [-0.39, 0.29) is 11.8 Å². The van der Waals surface area contributed by atoms with Crippen molar-refractivity contribution in [3.05, 3.63) is 24.3 Å². The van der Waals surface area contributed by atoms with Crippen LogP contribution in [0.1, 0.15) is 27.2 Å². The summed E-state index contributed by atoms with van der Waals surface area (Å²) in [6.07, 6.45) is 0.337. The summed E-state index contributed by atoms with van der Waals surface area (Å²) in [7, 11) is 1.61. The number of rotatable bonds is 10. The normalized spacial score (nSPS) is 10.2. The largest absolute Gasteiger partial charge is 0.497 e. The van der Waals surface area contributed by atoms with Gasteiger partial charge in [-0.2, -0.15) is 0 Å². The van der Waals surface area contributed by atoms with Gasteiger partial charge in [0, 0.05) is 33.0 Å². The molecule has 6 heteroatoms. The molecular weight excluding hydrogens is 308 g/mol. The molecule has 0 heterocycles. The van der Waals surface area contributed by atoms with Crippen LogP contribution in [0.3, 0.4) is 0 Å². The van der Waals surface area contributed by atoms with Crippen molar-refractivity contribution < 1.29 is 19.1 Å². The first-order valence-electron chi connectivity index (χ1n) is 8.31. The van der Waals surface area contributed by atoms with Crippen LogP contribution in [0.5, 0.6) is 11.5 Å². The molecule has 0 saturated heterocycles. The van der Waals surface area contributed by atoms with Gasteiger partial charge in [-0.25, -0.2) is 0 Å². The van der Waals surface area contributed by atoms with E-state index in [1.54, 1.807) is 16.9 Å². The second-order valence-electron chi connectivity index (χ2n) is 5.35. The standard InChI is InChI=1S/C18H28N2O4/c1-5-19(6-2)18(22)11-12-20(15(3)21)13-14-24-17-9-7-16(23-4)8-10-17/h7-10H,5-6,11-14H2,1-4H3. The number of methoxy groups -OCH3 is 1. The lowest BCUT2D eigenvalue weighted by molar-refractivity contribution is -0.133. The Morgan fingerprint density at radius 3 is 2.04 bits per heavy atom. The third-order valence-electron chi connectivity index (χ3n) is 3.85. The highest BCUT2D eigenvalue weighted by Gasteiger charge is 2.14. The van der Waals surface area contributed by atoms with Gasteiger partial charge in [0.1, 0.15) is 18.1 Å². The van der Waals surface area contributed by atoms with Gasteiger partial charge in [-0.05, 0) is 38.1 Å². The number of benzene rings is 1. The average molecular weight is 336 g/mol. The van der Waals surface area contributed by atoms with Gasteiger partial charge in [0.2, 0.25) is 11.8 Å². The molecule has 0 aliphatic heterocycles. The van der Waals surface area contributed by atoms with Crippen LogP contribution in [0.2, 0.25) is 0 Å². The zero-order valence-electron chi connectivity index (χ0n) is 15.1. The van der Waals surface area contributed by atoms with Gasteiger partial charge in [0.15, 0.2) is 0 Å². The predicted molar refractivity (Wildman–Crippen MR) is 93.3 cm³/mol. The summed E-state index contributed by atoms with van der Waals surface area (Å²) in [5, 5.41) is 0. The van der Waals surface area contributed by atoms with Gasteiger partial charge in [-0.3, -0.25) is 9.59 Å². The number of hydrogen-bond acceptors (Lipinski definition) is 4. The van der Waals surface area contributed by atoms with E-state index in [2.05, 4.69) is 0 Å². The Hall–Kier alpha value is -2.24. The molecule has 1 aromatic rings. The zero-order valence-corrected chi connectivity index (χ0v) is 15.1. The summed E-state index contributed by atoms with van der Waals surface area (Å²) in [4.78, 5) is 27.2. The van der Waals surface area contributed by atoms with Crippen molar-refractivity contribution >= 4 is 11.8 Å². The monoisotopic (exact) mass is 336 g/mol. The maximum atomic E-state index is 12.0. The molecule has 0 fully saturated rings. The van der Waals surface area contributed by atoms with E-state index in [0.717, 1.165) is 11.5 Å². The molecule has 0 N–H and O–H groups in total. The molecule has 0 aromatic heterocycles. The molecule has 0 spiro atoms. The first kappa shape index (κ1) is 19.8. The molecule has 0 bridgehead atoms. The van der Waals surface area contributed by atoms with Gasteiger partial charge in [0.25, 0.3) is 0 Å². The highest BCUT2D eigenvalue weighted by molar-refractivity contribution is 5.78. The molecule has 2 amide bonds. The Morgan fingerprint density at radius 2 is 1.54 bits per heavy atom. The number of carbonyl (C=O) groups is 2. The molecule has 1 aromatic carbocycles. The van der Waals surface area contributed by atoms with Gasteiger partial charge in [-0.15, -0.1) is 0 Å². The lowest BCUT2D eigenvalue weighted by atomic mass is 10.3. The summed E-state index contributed by atoms with van der Waals surface area (Å²) < 4.78 is 10.7. The fourth-order valence-corrected chi connectivity index (χ4v) is 2.34. The molecule has 0 atom stereocenters.